The van der Waals surface area contributed by atoms with E-state index in [0.29, 0.717) is 28.2 Å². The van der Waals surface area contributed by atoms with Crippen LogP contribution in [0.4, 0.5) is 11.4 Å². The third kappa shape index (κ3) is 7.15. The van der Waals surface area contributed by atoms with Gasteiger partial charge >= 0.3 is 0 Å². The van der Waals surface area contributed by atoms with Gasteiger partial charge in [0.1, 0.15) is 12.0 Å². The number of nitro benzene ring substituents is 1. The maximum absolute atomic E-state index is 11.9. The fraction of sp³-hybridized carbons (Fsp3) is 0.375. The van der Waals surface area contributed by atoms with Crippen LogP contribution in [0.2, 0.25) is 0 Å². The second-order valence-electron chi connectivity index (χ2n) is 8.67. The standard InChI is InChI=1S/C24H30N6O2S/c1-18(2)14-28(15-19(3)4)22-11-10-21(12-23(22)30(31)32)13-26-29-17-25-27-24(29)33-16-20-8-6-5-7-9-20/h5-13,17-19H,14-16H2,1-4H3/b26-13-. The van der Waals surface area contributed by atoms with E-state index in [9.17, 15) is 10.1 Å². The number of hydrogen-bond acceptors (Lipinski definition) is 7. The highest BCUT2D eigenvalue weighted by Crippen LogP contribution is 2.30. The van der Waals surface area contributed by atoms with Gasteiger partial charge in [-0.2, -0.15) is 9.78 Å². The summed E-state index contributed by atoms with van der Waals surface area (Å²) in [5.41, 5.74) is 2.55. The Hall–Kier alpha value is -3.20. The predicted molar refractivity (Wildman–Crippen MR) is 134 cm³/mol. The van der Waals surface area contributed by atoms with Gasteiger partial charge in [-0.25, -0.2) is 0 Å². The van der Waals surface area contributed by atoms with Gasteiger partial charge in [-0.1, -0.05) is 75.9 Å². The van der Waals surface area contributed by atoms with Crippen molar-refractivity contribution in [3.8, 4) is 0 Å². The molecule has 0 radical (unpaired) electrons. The van der Waals surface area contributed by atoms with E-state index in [0.717, 1.165) is 18.8 Å². The van der Waals surface area contributed by atoms with Gasteiger partial charge < -0.3 is 4.90 Å². The van der Waals surface area contributed by atoms with Crippen molar-refractivity contribution >= 4 is 29.4 Å². The monoisotopic (exact) mass is 466 g/mol. The molecule has 2 aromatic carbocycles. The van der Waals surface area contributed by atoms with E-state index >= 15 is 0 Å². The Balaban J connectivity index is 1.80. The van der Waals surface area contributed by atoms with E-state index in [1.165, 1.54) is 23.7 Å². The molecular weight excluding hydrogens is 436 g/mol. The van der Waals surface area contributed by atoms with E-state index in [2.05, 4.69) is 60.0 Å². The Morgan fingerprint density at radius 1 is 1.12 bits per heavy atom. The normalized spacial score (nSPS) is 11.6. The van der Waals surface area contributed by atoms with Crippen LogP contribution in [-0.2, 0) is 5.75 Å². The molecular formula is C24H30N6O2S. The number of nitro groups is 1. The van der Waals surface area contributed by atoms with E-state index in [1.54, 1.807) is 17.0 Å². The van der Waals surface area contributed by atoms with Crippen LogP contribution in [0.1, 0.15) is 38.8 Å². The van der Waals surface area contributed by atoms with E-state index in [4.69, 9.17) is 0 Å². The van der Waals surface area contributed by atoms with Crippen molar-refractivity contribution in [3.05, 3.63) is 76.1 Å². The van der Waals surface area contributed by atoms with Gasteiger partial charge in [0.15, 0.2) is 0 Å². The Morgan fingerprint density at radius 3 is 2.45 bits per heavy atom. The molecule has 3 rings (SSSR count). The molecule has 0 N–H and O–H groups in total. The molecule has 0 aliphatic rings. The summed E-state index contributed by atoms with van der Waals surface area (Å²) in [6, 6.07) is 15.3. The molecule has 8 nitrogen and oxygen atoms in total. The number of nitrogens with zero attached hydrogens (tertiary/aromatic N) is 6. The van der Waals surface area contributed by atoms with E-state index in [-0.39, 0.29) is 10.6 Å². The minimum atomic E-state index is -0.319. The van der Waals surface area contributed by atoms with Gasteiger partial charge in [0.2, 0.25) is 5.16 Å². The lowest BCUT2D eigenvalue weighted by atomic mass is 10.1. The maximum Gasteiger partial charge on any atom is 0.293 e. The van der Waals surface area contributed by atoms with Crippen molar-refractivity contribution in [2.45, 2.75) is 38.6 Å². The van der Waals surface area contributed by atoms with Crippen molar-refractivity contribution in [1.82, 2.24) is 14.9 Å². The highest BCUT2D eigenvalue weighted by molar-refractivity contribution is 7.98. The van der Waals surface area contributed by atoms with Crippen molar-refractivity contribution in [3.63, 3.8) is 0 Å². The summed E-state index contributed by atoms with van der Waals surface area (Å²) >= 11 is 1.53. The lowest BCUT2D eigenvalue weighted by Gasteiger charge is -2.28. The first kappa shape index (κ1) is 24.4. The molecule has 9 heteroatoms. The molecule has 33 heavy (non-hydrogen) atoms. The van der Waals surface area contributed by atoms with Crippen LogP contribution >= 0.6 is 11.8 Å². The number of aromatic nitrogens is 3. The van der Waals surface area contributed by atoms with Gasteiger partial charge in [-0.05, 0) is 23.5 Å². The molecule has 0 atom stereocenters. The van der Waals surface area contributed by atoms with Crippen LogP contribution in [0, 0.1) is 22.0 Å². The average molecular weight is 467 g/mol. The molecule has 0 bridgehead atoms. The highest BCUT2D eigenvalue weighted by atomic mass is 32.2. The summed E-state index contributed by atoms with van der Waals surface area (Å²) in [6.07, 6.45) is 3.13. The number of anilines is 1. The summed E-state index contributed by atoms with van der Waals surface area (Å²) < 4.78 is 1.58. The lowest BCUT2D eigenvalue weighted by Crippen LogP contribution is -2.31. The number of thioether (sulfide) groups is 1. The molecule has 0 unspecified atom stereocenters. The van der Waals surface area contributed by atoms with Crippen molar-refractivity contribution in [2.24, 2.45) is 16.9 Å². The van der Waals surface area contributed by atoms with Crippen LogP contribution in [0.25, 0.3) is 0 Å². The summed E-state index contributed by atoms with van der Waals surface area (Å²) in [7, 11) is 0. The first-order valence-corrected chi connectivity index (χ1v) is 12.0. The first-order valence-electron chi connectivity index (χ1n) is 11.0. The second kappa shape index (κ2) is 11.6. The minimum Gasteiger partial charge on any atom is -0.365 e. The largest absolute Gasteiger partial charge is 0.365 e. The Kier molecular flexibility index (Phi) is 8.59. The summed E-state index contributed by atoms with van der Waals surface area (Å²) in [5, 5.41) is 25.0. The summed E-state index contributed by atoms with van der Waals surface area (Å²) in [4.78, 5) is 13.6. The van der Waals surface area contributed by atoms with Crippen LogP contribution in [0.5, 0.6) is 0 Å². The fourth-order valence-corrected chi connectivity index (χ4v) is 4.25. The lowest BCUT2D eigenvalue weighted by molar-refractivity contribution is -0.384. The van der Waals surface area contributed by atoms with Crippen LogP contribution < -0.4 is 4.90 Å². The molecule has 0 saturated carbocycles. The molecule has 0 fully saturated rings. The molecule has 174 valence electrons. The smallest absolute Gasteiger partial charge is 0.293 e. The minimum absolute atomic E-state index is 0.0858. The molecule has 3 aromatic rings. The van der Waals surface area contributed by atoms with Crippen molar-refractivity contribution in [1.29, 1.82) is 0 Å². The molecule has 0 aliphatic carbocycles. The van der Waals surface area contributed by atoms with E-state index in [1.807, 2.05) is 30.3 Å². The zero-order valence-corrected chi connectivity index (χ0v) is 20.3. The molecule has 0 amide bonds. The maximum atomic E-state index is 11.9. The third-order valence-electron chi connectivity index (χ3n) is 4.75. The molecule has 0 saturated heterocycles. The number of rotatable bonds is 11. The van der Waals surface area contributed by atoms with Gasteiger partial charge in [0, 0.05) is 30.5 Å². The zero-order chi connectivity index (χ0) is 23.8. The quantitative estimate of drug-likeness (QED) is 0.161. The molecule has 0 aliphatic heterocycles. The number of benzene rings is 2. The van der Waals surface area contributed by atoms with Gasteiger partial charge in [-0.15, -0.1) is 10.2 Å². The second-order valence-corrected chi connectivity index (χ2v) is 9.62. The molecule has 0 spiro atoms. The first-order chi connectivity index (χ1) is 15.8. The zero-order valence-electron chi connectivity index (χ0n) is 19.5. The Morgan fingerprint density at radius 2 is 1.82 bits per heavy atom. The predicted octanol–water partition coefficient (Wildman–Crippen LogP) is 5.48. The van der Waals surface area contributed by atoms with Crippen LogP contribution in [0.3, 0.4) is 0 Å². The molecule has 1 aromatic heterocycles. The third-order valence-corrected chi connectivity index (χ3v) is 5.75. The highest BCUT2D eigenvalue weighted by Gasteiger charge is 2.21. The molecule has 1 heterocycles. The van der Waals surface area contributed by atoms with Gasteiger partial charge in [-0.3, -0.25) is 10.1 Å². The van der Waals surface area contributed by atoms with Gasteiger partial charge in [0.05, 0.1) is 11.1 Å². The van der Waals surface area contributed by atoms with Crippen molar-refractivity contribution in [2.75, 3.05) is 18.0 Å². The summed E-state index contributed by atoms with van der Waals surface area (Å²) in [5.74, 6) is 1.53. The average Bonchev–Trinajstić information content (AvgIpc) is 3.23. The summed E-state index contributed by atoms with van der Waals surface area (Å²) in [6.45, 7) is 9.99. The van der Waals surface area contributed by atoms with Gasteiger partial charge in [0.25, 0.3) is 5.69 Å². The van der Waals surface area contributed by atoms with Crippen LogP contribution in [-0.4, -0.2) is 39.1 Å². The van der Waals surface area contributed by atoms with E-state index < -0.39 is 0 Å². The SMILES string of the molecule is CC(C)CN(CC(C)C)c1ccc(/C=N\n2cnnc2SCc2ccccc2)cc1[N+](=O)[O-]. The van der Waals surface area contributed by atoms with Crippen LogP contribution in [0.15, 0.2) is 65.1 Å². The fourth-order valence-electron chi connectivity index (χ4n) is 3.43. The Labute approximate surface area is 198 Å². The van der Waals surface area contributed by atoms with Crippen molar-refractivity contribution < 1.29 is 4.92 Å². The Bertz CT molecular complexity index is 1070. The topological polar surface area (TPSA) is 89.5 Å². The number of hydrogen-bond donors (Lipinski definition) is 0.